The van der Waals surface area contributed by atoms with Gasteiger partial charge in [0.1, 0.15) is 11.6 Å². The highest BCUT2D eigenvalue weighted by Crippen LogP contribution is 2.24. The molecule has 8 nitrogen and oxygen atoms in total. The topological polar surface area (TPSA) is 110 Å². The number of hydrogen-bond acceptors (Lipinski definition) is 5. The summed E-state index contributed by atoms with van der Waals surface area (Å²) in [7, 11) is 0. The maximum Gasteiger partial charge on any atom is 0.330 e. The molecule has 0 aliphatic heterocycles. The quantitative estimate of drug-likeness (QED) is 0.446. The Kier molecular flexibility index (Phi) is 8.05. The van der Waals surface area contributed by atoms with Crippen LogP contribution in [0.3, 0.4) is 0 Å². The number of amides is 1. The molecule has 3 N–H and O–H groups in total. The first-order valence-electron chi connectivity index (χ1n) is 12.3. The molecule has 8 heteroatoms. The summed E-state index contributed by atoms with van der Waals surface area (Å²) in [5.41, 5.74) is 8.17. The molecule has 0 saturated carbocycles. The van der Waals surface area contributed by atoms with E-state index in [1.54, 1.807) is 6.07 Å². The summed E-state index contributed by atoms with van der Waals surface area (Å²) in [6, 6.07) is 16.7. The van der Waals surface area contributed by atoms with E-state index in [4.69, 9.17) is 10.5 Å². The average Bonchev–Trinajstić information content (AvgIpc) is 2.88. The van der Waals surface area contributed by atoms with Gasteiger partial charge in [0.25, 0.3) is 11.5 Å². The lowest BCUT2D eigenvalue weighted by Crippen LogP contribution is -2.43. The number of hydrogen-bond donors (Lipinski definition) is 2. The number of aryl methyl sites for hydroxylation is 1. The van der Waals surface area contributed by atoms with Gasteiger partial charge in [-0.2, -0.15) is 0 Å². The molecule has 1 aliphatic rings. The zero-order valence-electron chi connectivity index (χ0n) is 20.5. The van der Waals surface area contributed by atoms with Crippen molar-refractivity contribution in [3.05, 3.63) is 98.2 Å². The zero-order chi connectivity index (χ0) is 25.5. The molecule has 2 aromatic carbocycles. The van der Waals surface area contributed by atoms with Crippen molar-refractivity contribution in [2.75, 3.05) is 23.8 Å². The number of aromatic amines is 1. The van der Waals surface area contributed by atoms with E-state index in [1.807, 2.05) is 55.5 Å². The Morgan fingerprint density at radius 3 is 2.64 bits per heavy atom. The maximum absolute atomic E-state index is 13.4. The summed E-state index contributed by atoms with van der Waals surface area (Å²) < 4.78 is 7.03. The number of nitrogens with one attached hydrogen (secondary N) is 1. The molecule has 0 saturated heterocycles. The monoisotopic (exact) mass is 488 g/mol. The fraction of sp³-hybridized carbons (Fsp3) is 0.321. The Morgan fingerprint density at radius 2 is 1.92 bits per heavy atom. The summed E-state index contributed by atoms with van der Waals surface area (Å²) >= 11 is 0. The van der Waals surface area contributed by atoms with E-state index in [0.717, 1.165) is 36.8 Å². The highest BCUT2D eigenvalue weighted by atomic mass is 16.5. The van der Waals surface area contributed by atoms with Gasteiger partial charge in [-0.15, -0.1) is 0 Å². The van der Waals surface area contributed by atoms with E-state index in [0.29, 0.717) is 12.2 Å². The summed E-state index contributed by atoms with van der Waals surface area (Å²) in [5, 5.41) is 0. The third kappa shape index (κ3) is 6.13. The van der Waals surface area contributed by atoms with Crippen LogP contribution in [0.25, 0.3) is 0 Å². The lowest BCUT2D eigenvalue weighted by molar-refractivity contribution is -0.120. The van der Waals surface area contributed by atoms with Crippen molar-refractivity contribution in [2.24, 2.45) is 0 Å². The van der Waals surface area contributed by atoms with Crippen LogP contribution >= 0.6 is 0 Å². The highest BCUT2D eigenvalue weighted by molar-refractivity contribution is 5.96. The summed E-state index contributed by atoms with van der Waals surface area (Å²) in [6.07, 6.45) is 7.09. The molecule has 188 valence electrons. The van der Waals surface area contributed by atoms with Crippen LogP contribution in [-0.2, 0) is 11.3 Å². The average molecular weight is 489 g/mol. The van der Waals surface area contributed by atoms with Gasteiger partial charge in [-0.25, -0.2) is 4.79 Å². The van der Waals surface area contributed by atoms with Crippen molar-refractivity contribution in [3.63, 3.8) is 0 Å². The molecule has 4 rings (SSSR count). The lowest BCUT2D eigenvalue weighted by atomic mass is 9.97. The van der Waals surface area contributed by atoms with Crippen molar-refractivity contribution in [3.8, 4) is 5.75 Å². The van der Waals surface area contributed by atoms with Crippen LogP contribution in [0.4, 0.5) is 11.5 Å². The molecule has 0 spiro atoms. The van der Waals surface area contributed by atoms with Crippen molar-refractivity contribution < 1.29 is 9.53 Å². The predicted molar refractivity (Wildman–Crippen MR) is 141 cm³/mol. The molecule has 1 aromatic heterocycles. The standard InChI is InChI=1S/C28H32N4O4/c1-20-9-8-14-23(17-20)36-19-24(33)31(16-15-21-10-4-2-5-11-21)25-26(29)32(28(35)30-27(25)34)18-22-12-6-3-7-13-22/h3,6-10,12-14,17H,2,4-5,11,15-16,18-19,29H2,1H3,(H,30,34,35). The Labute approximate surface area is 210 Å². The molecule has 0 radical (unpaired) electrons. The lowest BCUT2D eigenvalue weighted by Gasteiger charge is -2.25. The number of benzene rings is 2. The van der Waals surface area contributed by atoms with Gasteiger partial charge >= 0.3 is 5.69 Å². The third-order valence-corrected chi connectivity index (χ3v) is 6.36. The summed E-state index contributed by atoms with van der Waals surface area (Å²) in [6.45, 7) is 2.11. The number of aromatic nitrogens is 2. The first kappa shape index (κ1) is 25.0. The first-order chi connectivity index (χ1) is 17.4. The number of anilines is 2. The van der Waals surface area contributed by atoms with E-state index >= 15 is 0 Å². The van der Waals surface area contributed by atoms with Gasteiger partial charge in [-0.1, -0.05) is 54.1 Å². The minimum Gasteiger partial charge on any atom is -0.484 e. The Bertz CT molecular complexity index is 1360. The Balaban J connectivity index is 1.66. The second-order valence-corrected chi connectivity index (χ2v) is 9.07. The number of nitrogens with two attached hydrogens (primary N) is 1. The number of H-pyrrole nitrogens is 1. The Hall–Kier alpha value is -4.07. The van der Waals surface area contributed by atoms with Gasteiger partial charge in [0, 0.05) is 6.54 Å². The van der Waals surface area contributed by atoms with Gasteiger partial charge in [-0.05, 0) is 62.3 Å². The minimum absolute atomic E-state index is 0.0280. The maximum atomic E-state index is 13.4. The van der Waals surface area contributed by atoms with Crippen LogP contribution in [0.1, 0.15) is 43.2 Å². The van der Waals surface area contributed by atoms with E-state index in [9.17, 15) is 14.4 Å². The van der Waals surface area contributed by atoms with Gasteiger partial charge < -0.3 is 15.4 Å². The first-order valence-corrected chi connectivity index (χ1v) is 12.3. The van der Waals surface area contributed by atoms with Crippen LogP contribution < -0.4 is 26.6 Å². The Morgan fingerprint density at radius 1 is 1.11 bits per heavy atom. The van der Waals surface area contributed by atoms with Crippen LogP contribution in [0.15, 0.2) is 75.8 Å². The molecule has 0 bridgehead atoms. The van der Waals surface area contributed by atoms with Crippen LogP contribution in [-0.4, -0.2) is 28.6 Å². The minimum atomic E-state index is -0.691. The molecular weight excluding hydrogens is 456 g/mol. The van der Waals surface area contributed by atoms with Crippen molar-refractivity contribution in [1.29, 1.82) is 0 Å². The number of carbonyl (C=O) groups is 1. The summed E-state index contributed by atoms with van der Waals surface area (Å²) in [4.78, 5) is 42.8. The fourth-order valence-electron chi connectivity index (χ4n) is 4.44. The predicted octanol–water partition coefficient (Wildman–Crippen LogP) is 3.78. The number of nitrogens with zero attached hydrogens (tertiary/aromatic N) is 2. The summed E-state index contributed by atoms with van der Waals surface area (Å²) in [5.74, 6) is 0.110. The second-order valence-electron chi connectivity index (χ2n) is 9.07. The van der Waals surface area contributed by atoms with Crippen LogP contribution in [0.5, 0.6) is 5.75 Å². The highest BCUT2D eigenvalue weighted by Gasteiger charge is 2.25. The SMILES string of the molecule is Cc1cccc(OCC(=O)N(CCC2=CCCCC2)c2c(N)n(Cc3ccccc3)c(=O)[nH]c2=O)c1. The third-order valence-electron chi connectivity index (χ3n) is 6.36. The van der Waals surface area contributed by atoms with Gasteiger partial charge in [-0.3, -0.25) is 19.1 Å². The van der Waals surface area contributed by atoms with Crippen LogP contribution in [0.2, 0.25) is 0 Å². The van der Waals surface area contributed by atoms with Gasteiger partial charge in [0.2, 0.25) is 0 Å². The molecule has 1 amide bonds. The number of allylic oxidation sites excluding steroid dienone is 1. The van der Waals surface area contributed by atoms with Crippen LogP contribution in [0, 0.1) is 6.92 Å². The smallest absolute Gasteiger partial charge is 0.330 e. The van der Waals surface area contributed by atoms with E-state index in [1.165, 1.54) is 15.0 Å². The number of rotatable bonds is 9. The van der Waals surface area contributed by atoms with Crippen molar-refractivity contribution in [1.82, 2.24) is 9.55 Å². The van der Waals surface area contributed by atoms with E-state index in [2.05, 4.69) is 11.1 Å². The molecule has 3 aromatic rings. The number of carbonyl (C=O) groups excluding carboxylic acids is 1. The zero-order valence-corrected chi connectivity index (χ0v) is 20.5. The van der Waals surface area contributed by atoms with E-state index < -0.39 is 17.2 Å². The molecule has 1 heterocycles. The largest absolute Gasteiger partial charge is 0.484 e. The molecule has 0 fully saturated rings. The van der Waals surface area contributed by atoms with Crippen molar-refractivity contribution >= 4 is 17.4 Å². The fourth-order valence-corrected chi connectivity index (χ4v) is 4.44. The van der Waals surface area contributed by atoms with Crippen molar-refractivity contribution in [2.45, 2.75) is 45.6 Å². The van der Waals surface area contributed by atoms with Gasteiger partial charge in [0.05, 0.1) is 6.54 Å². The molecule has 0 unspecified atom stereocenters. The molecular formula is C28H32N4O4. The molecule has 36 heavy (non-hydrogen) atoms. The molecule has 0 atom stereocenters. The molecule has 1 aliphatic carbocycles. The number of ether oxygens (including phenoxy) is 1. The second kappa shape index (κ2) is 11.6. The normalized spacial score (nSPS) is 13.2. The number of nitrogen functional groups attached to an aromatic ring is 1. The van der Waals surface area contributed by atoms with Gasteiger partial charge in [0.15, 0.2) is 12.3 Å². The van der Waals surface area contributed by atoms with E-state index in [-0.39, 0.29) is 31.2 Å².